The summed E-state index contributed by atoms with van der Waals surface area (Å²) in [6.45, 7) is 0.606. The van der Waals surface area contributed by atoms with Crippen molar-refractivity contribution in [3.63, 3.8) is 0 Å². The van der Waals surface area contributed by atoms with E-state index in [4.69, 9.17) is 15.7 Å². The van der Waals surface area contributed by atoms with Gasteiger partial charge in [-0.25, -0.2) is 5.84 Å². The zero-order valence-corrected chi connectivity index (χ0v) is 6.40. The average Bonchev–Trinajstić information content (AvgIpc) is 1.98. The van der Waals surface area contributed by atoms with Crippen LogP contribution >= 0.6 is 0 Å². The summed E-state index contributed by atoms with van der Waals surface area (Å²) in [6, 6.07) is 0. The van der Waals surface area contributed by atoms with Crippen LogP contribution in [0.3, 0.4) is 0 Å². The van der Waals surface area contributed by atoms with Gasteiger partial charge in [-0.15, -0.1) is 0 Å². The number of carboxylic acids is 1. The van der Waals surface area contributed by atoms with Crippen LogP contribution in [0.1, 0.15) is 6.42 Å². The highest BCUT2D eigenvalue weighted by molar-refractivity contribution is 5.85. The maximum absolute atomic E-state index is 11.1. The average molecular weight is 174 g/mol. The number of carbonyl (C=O) groups is 2. The van der Waals surface area contributed by atoms with Crippen molar-refractivity contribution in [2.45, 2.75) is 12.5 Å². The molecule has 1 unspecified atom stereocenters. The lowest BCUT2D eigenvalue weighted by Crippen LogP contribution is -2.51. The van der Waals surface area contributed by atoms with E-state index in [1.807, 2.05) is 0 Å². The molecule has 0 aromatic rings. The van der Waals surface area contributed by atoms with E-state index in [0.29, 0.717) is 13.2 Å². The number of morpholine rings is 1. The Morgan fingerprint density at radius 2 is 2.50 bits per heavy atom. The van der Waals surface area contributed by atoms with Gasteiger partial charge in [-0.05, 0) is 0 Å². The van der Waals surface area contributed by atoms with E-state index in [0.717, 1.165) is 5.01 Å². The quantitative estimate of drug-likeness (QED) is 0.395. The first kappa shape index (κ1) is 8.95. The molecule has 1 amide bonds. The molecule has 68 valence electrons. The van der Waals surface area contributed by atoms with Crippen molar-refractivity contribution in [2.75, 3.05) is 13.2 Å². The van der Waals surface area contributed by atoms with Crippen molar-refractivity contribution >= 4 is 11.9 Å². The second-order valence-electron chi connectivity index (χ2n) is 2.49. The fourth-order valence-corrected chi connectivity index (χ4v) is 0.965. The molecular weight excluding hydrogens is 164 g/mol. The first-order chi connectivity index (χ1) is 5.61. The minimum absolute atomic E-state index is 0.292. The Balaban J connectivity index is 2.52. The topological polar surface area (TPSA) is 92.9 Å². The van der Waals surface area contributed by atoms with Gasteiger partial charge in [-0.3, -0.25) is 14.6 Å². The number of hydrazine groups is 1. The smallest absolute Gasteiger partial charge is 0.306 e. The third kappa shape index (κ3) is 1.93. The van der Waals surface area contributed by atoms with Gasteiger partial charge in [-0.2, -0.15) is 0 Å². The number of hydrogen-bond acceptors (Lipinski definition) is 4. The van der Waals surface area contributed by atoms with E-state index in [-0.39, 0.29) is 6.42 Å². The van der Waals surface area contributed by atoms with Crippen molar-refractivity contribution in [3.05, 3.63) is 0 Å². The Hall–Kier alpha value is -1.14. The van der Waals surface area contributed by atoms with E-state index in [1.165, 1.54) is 0 Å². The largest absolute Gasteiger partial charge is 0.481 e. The number of amides is 1. The van der Waals surface area contributed by atoms with E-state index in [9.17, 15) is 9.59 Å². The van der Waals surface area contributed by atoms with Crippen LogP contribution in [-0.4, -0.2) is 41.2 Å². The van der Waals surface area contributed by atoms with Crippen molar-refractivity contribution in [2.24, 2.45) is 5.84 Å². The van der Waals surface area contributed by atoms with Gasteiger partial charge in [0.25, 0.3) is 5.91 Å². The van der Waals surface area contributed by atoms with Gasteiger partial charge in [0.05, 0.1) is 19.6 Å². The normalized spacial score (nSPS) is 24.2. The summed E-state index contributed by atoms with van der Waals surface area (Å²) < 4.78 is 4.92. The Bertz CT molecular complexity index is 206. The maximum Gasteiger partial charge on any atom is 0.306 e. The number of nitrogens with two attached hydrogens (primary N) is 1. The number of aliphatic carboxylic acids is 1. The Kier molecular flexibility index (Phi) is 2.61. The number of ether oxygens (including phenoxy) is 1. The Morgan fingerprint density at radius 3 is 3.08 bits per heavy atom. The monoisotopic (exact) mass is 174 g/mol. The summed E-state index contributed by atoms with van der Waals surface area (Å²) in [5.74, 6) is 3.72. The van der Waals surface area contributed by atoms with Crippen LogP contribution in [0.25, 0.3) is 0 Å². The van der Waals surface area contributed by atoms with Gasteiger partial charge in [-0.1, -0.05) is 0 Å². The fraction of sp³-hybridized carbons (Fsp3) is 0.667. The number of rotatable bonds is 2. The van der Waals surface area contributed by atoms with Gasteiger partial charge in [0, 0.05) is 0 Å². The van der Waals surface area contributed by atoms with Crippen molar-refractivity contribution in [1.29, 1.82) is 0 Å². The highest BCUT2D eigenvalue weighted by Gasteiger charge is 2.29. The lowest BCUT2D eigenvalue weighted by atomic mass is 10.2. The molecule has 6 nitrogen and oxygen atoms in total. The van der Waals surface area contributed by atoms with Crippen LogP contribution in [0.5, 0.6) is 0 Å². The van der Waals surface area contributed by atoms with Gasteiger partial charge in [0.15, 0.2) is 0 Å². The molecular formula is C6H10N2O4. The van der Waals surface area contributed by atoms with E-state index >= 15 is 0 Å². The molecule has 0 aliphatic carbocycles. The fourth-order valence-electron chi connectivity index (χ4n) is 0.965. The molecule has 1 heterocycles. The van der Waals surface area contributed by atoms with Crippen molar-refractivity contribution in [1.82, 2.24) is 5.01 Å². The number of carbonyl (C=O) groups excluding carboxylic acids is 1. The van der Waals surface area contributed by atoms with Crippen molar-refractivity contribution < 1.29 is 19.4 Å². The summed E-state index contributed by atoms with van der Waals surface area (Å²) in [5, 5.41) is 9.36. The lowest BCUT2D eigenvalue weighted by Gasteiger charge is -2.27. The third-order valence-corrected chi connectivity index (χ3v) is 1.57. The van der Waals surface area contributed by atoms with Crippen molar-refractivity contribution in [3.8, 4) is 0 Å². The number of hydrogen-bond donors (Lipinski definition) is 2. The molecule has 1 aliphatic rings. The molecule has 0 aromatic carbocycles. The SMILES string of the molecule is NN1CCOC(CC(=O)O)C1=O. The molecule has 6 heteroatoms. The van der Waals surface area contributed by atoms with E-state index in [1.54, 1.807) is 0 Å². The van der Waals surface area contributed by atoms with Crippen LogP contribution in [-0.2, 0) is 14.3 Å². The highest BCUT2D eigenvalue weighted by Crippen LogP contribution is 2.06. The third-order valence-electron chi connectivity index (χ3n) is 1.57. The molecule has 1 rings (SSSR count). The van der Waals surface area contributed by atoms with Gasteiger partial charge in [0.1, 0.15) is 6.10 Å². The molecule has 0 spiro atoms. The molecule has 1 fully saturated rings. The predicted molar refractivity (Wildman–Crippen MR) is 37.9 cm³/mol. The number of carboxylic acid groups (broad SMARTS) is 1. The zero-order chi connectivity index (χ0) is 9.14. The summed E-state index contributed by atoms with van der Waals surface area (Å²) in [6.07, 6.45) is -1.24. The standard InChI is InChI=1S/C6H10N2O4/c7-8-1-2-12-4(6(8)11)3-5(9)10/h4H,1-3,7H2,(H,9,10). The van der Waals surface area contributed by atoms with Crippen LogP contribution < -0.4 is 5.84 Å². The Morgan fingerprint density at radius 1 is 1.83 bits per heavy atom. The van der Waals surface area contributed by atoms with Gasteiger partial charge in [0.2, 0.25) is 0 Å². The molecule has 0 aromatic heterocycles. The minimum atomic E-state index is -1.07. The molecule has 12 heavy (non-hydrogen) atoms. The van der Waals surface area contributed by atoms with Crippen LogP contribution in [0.4, 0.5) is 0 Å². The highest BCUT2D eigenvalue weighted by atomic mass is 16.5. The van der Waals surface area contributed by atoms with E-state index < -0.39 is 18.0 Å². The minimum Gasteiger partial charge on any atom is -0.481 e. The second kappa shape index (κ2) is 3.51. The molecule has 1 aliphatic heterocycles. The molecule has 1 atom stereocenters. The molecule has 0 bridgehead atoms. The molecule has 0 saturated carbocycles. The number of nitrogens with zero attached hydrogens (tertiary/aromatic N) is 1. The summed E-state index contributed by atoms with van der Waals surface area (Å²) >= 11 is 0. The van der Waals surface area contributed by atoms with Gasteiger partial charge >= 0.3 is 5.97 Å². The first-order valence-corrected chi connectivity index (χ1v) is 3.50. The summed E-state index contributed by atoms with van der Waals surface area (Å²) in [5.41, 5.74) is 0. The Labute approximate surface area is 68.9 Å². The van der Waals surface area contributed by atoms with Gasteiger partial charge < -0.3 is 9.84 Å². The predicted octanol–water partition coefficient (Wildman–Crippen LogP) is -1.44. The lowest BCUT2D eigenvalue weighted by molar-refractivity contribution is -0.159. The maximum atomic E-state index is 11.1. The molecule has 1 saturated heterocycles. The summed E-state index contributed by atoms with van der Waals surface area (Å²) in [7, 11) is 0. The first-order valence-electron chi connectivity index (χ1n) is 3.50. The van der Waals surface area contributed by atoms with Crippen LogP contribution in [0.2, 0.25) is 0 Å². The second-order valence-corrected chi connectivity index (χ2v) is 2.49. The van der Waals surface area contributed by atoms with E-state index in [2.05, 4.69) is 0 Å². The summed E-state index contributed by atoms with van der Waals surface area (Å²) in [4.78, 5) is 21.3. The molecule has 3 N–H and O–H groups in total. The zero-order valence-electron chi connectivity index (χ0n) is 6.40. The molecule has 0 radical (unpaired) electrons. The van der Waals surface area contributed by atoms with Crippen LogP contribution in [0.15, 0.2) is 0 Å². The van der Waals surface area contributed by atoms with Crippen LogP contribution in [0, 0.1) is 0 Å².